The molecule has 0 bridgehead atoms. The third kappa shape index (κ3) is 6.62. The second kappa shape index (κ2) is 9.85. The Morgan fingerprint density at radius 1 is 1.41 bits per heavy atom. The highest BCUT2D eigenvalue weighted by Crippen LogP contribution is 2.20. The molecule has 0 radical (unpaired) electrons. The molecule has 0 spiro atoms. The average Bonchev–Trinajstić information content (AvgIpc) is 3.05. The van der Waals surface area contributed by atoms with Gasteiger partial charge in [-0.2, -0.15) is 5.10 Å². The van der Waals surface area contributed by atoms with Crippen LogP contribution in [0.4, 0.5) is 4.39 Å². The predicted octanol–water partition coefficient (Wildman–Crippen LogP) is 2.72. The van der Waals surface area contributed by atoms with E-state index < -0.39 is 5.60 Å². The van der Waals surface area contributed by atoms with Crippen molar-refractivity contribution in [3.63, 3.8) is 0 Å². The fourth-order valence-electron chi connectivity index (χ4n) is 2.58. The summed E-state index contributed by atoms with van der Waals surface area (Å²) in [6.07, 6.45) is 4.83. The van der Waals surface area contributed by atoms with E-state index in [1.165, 1.54) is 6.07 Å². The van der Waals surface area contributed by atoms with Crippen molar-refractivity contribution in [1.29, 1.82) is 0 Å². The van der Waals surface area contributed by atoms with E-state index in [2.05, 4.69) is 36.7 Å². The number of aliphatic hydroxyl groups is 1. The lowest BCUT2D eigenvalue weighted by atomic mass is 10.0. The van der Waals surface area contributed by atoms with Gasteiger partial charge in [-0.1, -0.05) is 22.0 Å². The number of halogens is 2. The highest BCUT2D eigenvalue weighted by Gasteiger charge is 2.24. The van der Waals surface area contributed by atoms with Gasteiger partial charge < -0.3 is 15.7 Å². The lowest BCUT2D eigenvalue weighted by Gasteiger charge is -2.20. The van der Waals surface area contributed by atoms with Crippen LogP contribution in [0.15, 0.2) is 40.1 Å². The lowest BCUT2D eigenvalue weighted by molar-refractivity contribution is 0.0672. The van der Waals surface area contributed by atoms with E-state index in [-0.39, 0.29) is 12.4 Å². The Labute approximate surface area is 168 Å². The normalized spacial score (nSPS) is 14.1. The molecule has 0 saturated carbocycles. The van der Waals surface area contributed by atoms with Crippen molar-refractivity contribution in [3.8, 4) is 0 Å². The Bertz CT molecular complexity index is 775. The molecule has 8 heteroatoms. The van der Waals surface area contributed by atoms with E-state index in [0.717, 1.165) is 16.5 Å². The Morgan fingerprint density at radius 3 is 2.81 bits per heavy atom. The van der Waals surface area contributed by atoms with Crippen LogP contribution in [0.3, 0.4) is 0 Å². The summed E-state index contributed by atoms with van der Waals surface area (Å²) in [5.41, 5.74) is 0.314. The molecule has 0 aliphatic heterocycles. The highest BCUT2D eigenvalue weighted by atomic mass is 79.9. The first-order valence-corrected chi connectivity index (χ1v) is 9.78. The monoisotopic (exact) mass is 439 g/mol. The van der Waals surface area contributed by atoms with Crippen LogP contribution >= 0.6 is 15.9 Å². The molecule has 1 aromatic carbocycles. The van der Waals surface area contributed by atoms with E-state index in [1.54, 1.807) is 30.1 Å². The molecule has 1 unspecified atom stereocenters. The third-order valence-corrected chi connectivity index (χ3v) is 4.64. The number of aliphatic imine (C=N–C) groups is 1. The Balaban J connectivity index is 1.87. The second-order valence-electron chi connectivity index (χ2n) is 6.64. The first-order chi connectivity index (χ1) is 12.8. The number of hydrogen-bond donors (Lipinski definition) is 3. The minimum absolute atomic E-state index is 0.197. The van der Waals surface area contributed by atoms with Crippen molar-refractivity contribution < 1.29 is 9.50 Å². The topological polar surface area (TPSA) is 74.5 Å². The van der Waals surface area contributed by atoms with E-state index >= 15 is 0 Å². The van der Waals surface area contributed by atoms with Crippen LogP contribution in [0.25, 0.3) is 0 Å². The molecule has 0 saturated heterocycles. The van der Waals surface area contributed by atoms with Crippen molar-refractivity contribution in [1.82, 2.24) is 20.4 Å². The van der Waals surface area contributed by atoms with Crippen molar-refractivity contribution >= 4 is 21.9 Å². The van der Waals surface area contributed by atoms with Gasteiger partial charge in [0, 0.05) is 36.4 Å². The maximum Gasteiger partial charge on any atom is 0.191 e. The molecule has 0 aliphatic rings. The van der Waals surface area contributed by atoms with E-state index in [9.17, 15) is 9.50 Å². The van der Waals surface area contributed by atoms with Crippen LogP contribution in [-0.4, -0.2) is 40.5 Å². The number of aryl methyl sites for hydroxylation is 2. The minimum atomic E-state index is -1.10. The van der Waals surface area contributed by atoms with Crippen LogP contribution in [0, 0.1) is 5.82 Å². The Morgan fingerprint density at radius 2 is 2.19 bits per heavy atom. The molecule has 2 rings (SSSR count). The van der Waals surface area contributed by atoms with Gasteiger partial charge in [0.2, 0.25) is 0 Å². The summed E-state index contributed by atoms with van der Waals surface area (Å²) >= 11 is 3.26. The number of aromatic nitrogens is 2. The summed E-state index contributed by atoms with van der Waals surface area (Å²) in [7, 11) is 1.81. The largest absolute Gasteiger partial charge is 0.383 e. The summed E-state index contributed by atoms with van der Waals surface area (Å²) in [6.45, 7) is 5.26. The molecule has 0 aliphatic carbocycles. The number of guanidine groups is 1. The van der Waals surface area contributed by atoms with Gasteiger partial charge in [0.1, 0.15) is 11.4 Å². The van der Waals surface area contributed by atoms with Crippen molar-refractivity contribution in [3.05, 3.63) is 52.0 Å². The van der Waals surface area contributed by atoms with Crippen molar-refractivity contribution in [2.24, 2.45) is 12.0 Å². The Hall–Kier alpha value is -1.93. The molecule has 0 amide bonds. The van der Waals surface area contributed by atoms with Gasteiger partial charge in [-0.3, -0.25) is 4.68 Å². The standard InChI is InChI=1S/C19H27BrFN5O/c1-4-22-18(24-13-19(2,27)15-11-25-26(3)12-15)23-9-5-6-14-7-8-16(20)10-17(14)21/h7-8,10-12,27H,4-6,9,13H2,1-3H3,(H2,22,23,24). The van der Waals surface area contributed by atoms with E-state index in [1.807, 2.05) is 20.0 Å². The summed E-state index contributed by atoms with van der Waals surface area (Å²) < 4.78 is 16.2. The third-order valence-electron chi connectivity index (χ3n) is 4.15. The quantitative estimate of drug-likeness (QED) is 0.335. The van der Waals surface area contributed by atoms with Gasteiger partial charge >= 0.3 is 0 Å². The zero-order valence-corrected chi connectivity index (χ0v) is 17.6. The summed E-state index contributed by atoms with van der Waals surface area (Å²) in [5, 5.41) is 21.1. The zero-order chi connectivity index (χ0) is 19.9. The molecular formula is C19H27BrFN5O. The van der Waals surface area contributed by atoms with E-state index in [0.29, 0.717) is 31.0 Å². The minimum Gasteiger partial charge on any atom is -0.383 e. The molecule has 3 N–H and O–H groups in total. The van der Waals surface area contributed by atoms with Gasteiger partial charge in [0.25, 0.3) is 0 Å². The molecule has 0 fully saturated rings. The van der Waals surface area contributed by atoms with Crippen LogP contribution < -0.4 is 10.6 Å². The number of nitrogens with zero attached hydrogens (tertiary/aromatic N) is 3. The number of benzene rings is 1. The van der Waals surface area contributed by atoms with Crippen LogP contribution in [0.2, 0.25) is 0 Å². The SMILES string of the molecule is CCNC(=NCC(C)(O)c1cnn(C)c1)NCCCc1ccc(Br)cc1F. The molecule has 2 aromatic rings. The van der Waals surface area contributed by atoms with Crippen molar-refractivity contribution in [2.45, 2.75) is 32.3 Å². The number of rotatable bonds is 8. The fourth-order valence-corrected chi connectivity index (χ4v) is 2.91. The smallest absolute Gasteiger partial charge is 0.191 e. The van der Waals surface area contributed by atoms with Crippen LogP contribution in [0.1, 0.15) is 31.4 Å². The Kier molecular flexibility index (Phi) is 7.79. The number of nitrogens with one attached hydrogen (secondary N) is 2. The summed E-state index contributed by atoms with van der Waals surface area (Å²) in [6, 6.07) is 5.12. The first kappa shape index (κ1) is 21.4. The lowest BCUT2D eigenvalue weighted by Crippen LogP contribution is -2.39. The highest BCUT2D eigenvalue weighted by molar-refractivity contribution is 9.10. The predicted molar refractivity (Wildman–Crippen MR) is 109 cm³/mol. The van der Waals surface area contributed by atoms with Gasteiger partial charge in [0.15, 0.2) is 5.96 Å². The van der Waals surface area contributed by atoms with Gasteiger partial charge in [-0.25, -0.2) is 9.38 Å². The molecular weight excluding hydrogens is 413 g/mol. The summed E-state index contributed by atoms with van der Waals surface area (Å²) in [4.78, 5) is 4.47. The molecule has 1 heterocycles. The van der Waals surface area contributed by atoms with Gasteiger partial charge in [-0.05, 0) is 44.4 Å². The first-order valence-electron chi connectivity index (χ1n) is 8.99. The maximum absolute atomic E-state index is 13.9. The molecule has 27 heavy (non-hydrogen) atoms. The van der Waals surface area contributed by atoms with Crippen LogP contribution in [-0.2, 0) is 19.1 Å². The second-order valence-corrected chi connectivity index (χ2v) is 7.55. The molecule has 148 valence electrons. The average molecular weight is 440 g/mol. The van der Waals surface area contributed by atoms with Gasteiger partial charge in [0.05, 0.1) is 12.7 Å². The van der Waals surface area contributed by atoms with E-state index in [4.69, 9.17) is 0 Å². The van der Waals surface area contributed by atoms with Crippen LogP contribution in [0.5, 0.6) is 0 Å². The number of hydrogen-bond acceptors (Lipinski definition) is 3. The zero-order valence-electron chi connectivity index (χ0n) is 16.0. The molecule has 6 nitrogen and oxygen atoms in total. The summed E-state index contributed by atoms with van der Waals surface area (Å²) in [5.74, 6) is 0.426. The van der Waals surface area contributed by atoms with Crippen molar-refractivity contribution in [2.75, 3.05) is 19.6 Å². The van der Waals surface area contributed by atoms with Gasteiger partial charge in [-0.15, -0.1) is 0 Å². The fraction of sp³-hybridized carbons (Fsp3) is 0.474. The molecule has 1 atom stereocenters. The maximum atomic E-state index is 13.9. The molecule has 1 aromatic heterocycles.